The largest absolute Gasteiger partial charge is 0.457 e. The van der Waals surface area contributed by atoms with Crippen molar-refractivity contribution >= 4 is 5.97 Å². The molecule has 0 radical (unpaired) electrons. The van der Waals surface area contributed by atoms with Crippen LogP contribution in [0, 0.1) is 11.3 Å². The summed E-state index contributed by atoms with van der Waals surface area (Å²) in [5.74, 6) is -0.355. The zero-order valence-corrected chi connectivity index (χ0v) is 9.58. The highest BCUT2D eigenvalue weighted by Gasteiger charge is 2.14. The average molecular weight is 209 g/mol. The van der Waals surface area contributed by atoms with Crippen molar-refractivity contribution in [3.63, 3.8) is 0 Å². The molecule has 0 aliphatic heterocycles. The van der Waals surface area contributed by atoms with Crippen LogP contribution in [0.25, 0.3) is 0 Å². The standard InChI is InChI=1S/C12H19NO2/c1-4-5-6-7-8-12(10(2)9-13)15-11(3)14/h12H,2,4-8H2,1,3H3. The first kappa shape index (κ1) is 13.7. The fourth-order valence-corrected chi connectivity index (χ4v) is 1.33. The van der Waals surface area contributed by atoms with E-state index in [-0.39, 0.29) is 5.97 Å². The van der Waals surface area contributed by atoms with Gasteiger partial charge in [0.25, 0.3) is 0 Å². The van der Waals surface area contributed by atoms with Gasteiger partial charge in [0.1, 0.15) is 6.10 Å². The lowest BCUT2D eigenvalue weighted by molar-refractivity contribution is -0.144. The number of unbranched alkanes of at least 4 members (excludes halogenated alkanes) is 3. The number of carbonyl (C=O) groups is 1. The van der Waals surface area contributed by atoms with Gasteiger partial charge in [0.05, 0.1) is 11.6 Å². The second kappa shape index (κ2) is 8.05. The summed E-state index contributed by atoms with van der Waals surface area (Å²) in [6.07, 6.45) is 4.68. The minimum Gasteiger partial charge on any atom is -0.457 e. The molecule has 0 aromatic heterocycles. The van der Waals surface area contributed by atoms with E-state index in [2.05, 4.69) is 13.5 Å². The fraction of sp³-hybridized carbons (Fsp3) is 0.667. The topological polar surface area (TPSA) is 50.1 Å². The van der Waals surface area contributed by atoms with Crippen molar-refractivity contribution in [3.05, 3.63) is 12.2 Å². The van der Waals surface area contributed by atoms with E-state index in [0.717, 1.165) is 19.3 Å². The molecule has 3 nitrogen and oxygen atoms in total. The molecule has 0 aliphatic rings. The predicted octanol–water partition coefficient (Wildman–Crippen LogP) is 2.97. The molecule has 0 spiro atoms. The molecule has 0 heterocycles. The summed E-state index contributed by atoms with van der Waals surface area (Å²) in [5.41, 5.74) is 0.335. The minimum absolute atomic E-state index is 0.335. The van der Waals surface area contributed by atoms with E-state index in [9.17, 15) is 4.79 Å². The van der Waals surface area contributed by atoms with Crippen molar-refractivity contribution in [2.75, 3.05) is 0 Å². The van der Waals surface area contributed by atoms with E-state index < -0.39 is 6.10 Å². The Bertz CT molecular complexity index is 253. The summed E-state index contributed by atoms with van der Waals surface area (Å²) in [4.78, 5) is 10.8. The Morgan fingerprint density at radius 1 is 1.47 bits per heavy atom. The van der Waals surface area contributed by atoms with Gasteiger partial charge in [0.2, 0.25) is 0 Å². The number of nitriles is 1. The third kappa shape index (κ3) is 6.73. The van der Waals surface area contributed by atoms with Crippen LogP contribution >= 0.6 is 0 Å². The van der Waals surface area contributed by atoms with Gasteiger partial charge in [-0.25, -0.2) is 0 Å². The first-order chi connectivity index (χ1) is 7.11. The van der Waals surface area contributed by atoms with Gasteiger partial charge in [-0.1, -0.05) is 32.8 Å². The molecule has 0 saturated heterocycles. The predicted molar refractivity (Wildman–Crippen MR) is 59.1 cm³/mol. The SMILES string of the molecule is C=C(C#N)C(CCCCCC)OC(C)=O. The number of nitrogens with zero attached hydrogens (tertiary/aromatic N) is 1. The molecule has 15 heavy (non-hydrogen) atoms. The minimum atomic E-state index is -0.427. The van der Waals surface area contributed by atoms with Crippen LogP contribution in [0.3, 0.4) is 0 Å². The number of esters is 1. The van der Waals surface area contributed by atoms with E-state index in [4.69, 9.17) is 10.00 Å². The molecular weight excluding hydrogens is 190 g/mol. The highest BCUT2D eigenvalue weighted by Crippen LogP contribution is 2.14. The van der Waals surface area contributed by atoms with Gasteiger partial charge in [0.15, 0.2) is 0 Å². The molecule has 0 aliphatic carbocycles. The summed E-state index contributed by atoms with van der Waals surface area (Å²) in [5, 5.41) is 8.68. The van der Waals surface area contributed by atoms with E-state index >= 15 is 0 Å². The Labute approximate surface area is 91.7 Å². The average Bonchev–Trinajstić information content (AvgIpc) is 2.21. The maximum atomic E-state index is 10.8. The maximum Gasteiger partial charge on any atom is 0.303 e. The lowest BCUT2D eigenvalue weighted by Crippen LogP contribution is -2.17. The lowest BCUT2D eigenvalue weighted by Gasteiger charge is -2.14. The molecule has 0 amide bonds. The van der Waals surface area contributed by atoms with Crippen molar-refractivity contribution in [1.29, 1.82) is 5.26 Å². The molecule has 0 fully saturated rings. The van der Waals surface area contributed by atoms with E-state index in [0.29, 0.717) is 12.0 Å². The monoisotopic (exact) mass is 209 g/mol. The molecular formula is C12H19NO2. The van der Waals surface area contributed by atoms with E-state index in [1.54, 1.807) is 0 Å². The molecule has 0 saturated carbocycles. The van der Waals surface area contributed by atoms with Gasteiger partial charge in [-0.05, 0) is 12.8 Å². The van der Waals surface area contributed by atoms with Crippen LogP contribution in [0.1, 0.15) is 46.0 Å². The number of ether oxygens (including phenoxy) is 1. The first-order valence-electron chi connectivity index (χ1n) is 5.38. The summed E-state index contributed by atoms with van der Waals surface area (Å²) < 4.78 is 5.02. The molecule has 1 unspecified atom stereocenters. The number of rotatable bonds is 7. The van der Waals surface area contributed by atoms with Crippen molar-refractivity contribution in [1.82, 2.24) is 0 Å². The van der Waals surface area contributed by atoms with Crippen LogP contribution in [-0.4, -0.2) is 12.1 Å². The molecule has 3 heteroatoms. The zero-order valence-electron chi connectivity index (χ0n) is 9.58. The van der Waals surface area contributed by atoms with E-state index in [1.807, 2.05) is 6.07 Å². The van der Waals surface area contributed by atoms with Gasteiger partial charge in [0, 0.05) is 6.92 Å². The summed E-state index contributed by atoms with van der Waals surface area (Å²) in [6, 6.07) is 1.94. The molecule has 0 aromatic rings. The van der Waals surface area contributed by atoms with Gasteiger partial charge in [-0.3, -0.25) is 4.79 Å². The maximum absolute atomic E-state index is 10.8. The van der Waals surface area contributed by atoms with Crippen molar-refractivity contribution in [3.8, 4) is 6.07 Å². The van der Waals surface area contributed by atoms with Gasteiger partial charge in [-0.2, -0.15) is 5.26 Å². The lowest BCUT2D eigenvalue weighted by atomic mass is 10.0. The van der Waals surface area contributed by atoms with Crippen LogP contribution in [0.5, 0.6) is 0 Å². The third-order valence-corrected chi connectivity index (χ3v) is 2.16. The molecule has 0 bridgehead atoms. The van der Waals surface area contributed by atoms with Gasteiger partial charge in [-0.15, -0.1) is 0 Å². The highest BCUT2D eigenvalue weighted by atomic mass is 16.5. The zero-order chi connectivity index (χ0) is 11.7. The van der Waals surface area contributed by atoms with Crippen LogP contribution in [0.4, 0.5) is 0 Å². The highest BCUT2D eigenvalue weighted by molar-refractivity contribution is 5.66. The summed E-state index contributed by atoms with van der Waals surface area (Å²) in [7, 11) is 0. The molecule has 1 atom stereocenters. The Balaban J connectivity index is 3.97. The number of hydrogen-bond donors (Lipinski definition) is 0. The van der Waals surface area contributed by atoms with Crippen LogP contribution in [-0.2, 0) is 9.53 Å². The van der Waals surface area contributed by atoms with Crippen molar-refractivity contribution < 1.29 is 9.53 Å². The second-order valence-corrected chi connectivity index (χ2v) is 3.58. The normalized spacial score (nSPS) is 11.5. The van der Waals surface area contributed by atoms with Gasteiger partial charge < -0.3 is 4.74 Å². The van der Waals surface area contributed by atoms with Gasteiger partial charge >= 0.3 is 5.97 Å². The third-order valence-electron chi connectivity index (χ3n) is 2.16. The number of hydrogen-bond acceptors (Lipinski definition) is 3. The van der Waals surface area contributed by atoms with Crippen LogP contribution < -0.4 is 0 Å². The Kier molecular flexibility index (Phi) is 7.35. The van der Waals surface area contributed by atoms with E-state index in [1.165, 1.54) is 13.3 Å². The quantitative estimate of drug-likeness (QED) is 0.368. The number of carbonyl (C=O) groups excluding carboxylic acids is 1. The Morgan fingerprint density at radius 2 is 2.13 bits per heavy atom. The van der Waals surface area contributed by atoms with Crippen molar-refractivity contribution in [2.24, 2.45) is 0 Å². The summed E-state index contributed by atoms with van der Waals surface area (Å²) >= 11 is 0. The second-order valence-electron chi connectivity index (χ2n) is 3.58. The van der Waals surface area contributed by atoms with Crippen molar-refractivity contribution in [2.45, 2.75) is 52.1 Å². The summed E-state index contributed by atoms with van der Waals surface area (Å²) in [6.45, 7) is 7.07. The van der Waals surface area contributed by atoms with Crippen LogP contribution in [0.2, 0.25) is 0 Å². The molecule has 0 rings (SSSR count). The first-order valence-corrected chi connectivity index (χ1v) is 5.38. The molecule has 84 valence electrons. The smallest absolute Gasteiger partial charge is 0.303 e. The Morgan fingerprint density at radius 3 is 2.60 bits per heavy atom. The molecule has 0 N–H and O–H groups in total. The Hall–Kier alpha value is -1.30. The van der Waals surface area contributed by atoms with Crippen LogP contribution in [0.15, 0.2) is 12.2 Å². The molecule has 0 aromatic carbocycles. The fourth-order valence-electron chi connectivity index (χ4n) is 1.33.